The molecule has 0 unspecified atom stereocenters. The lowest BCUT2D eigenvalue weighted by atomic mass is 10.0. The lowest BCUT2D eigenvalue weighted by molar-refractivity contribution is 0.0590. The summed E-state index contributed by atoms with van der Waals surface area (Å²) in [6, 6.07) is 29.2. The van der Waals surface area contributed by atoms with Gasteiger partial charge in [0.1, 0.15) is 12.7 Å². The van der Waals surface area contributed by atoms with Gasteiger partial charge >= 0.3 is 0 Å². The fourth-order valence-electron chi connectivity index (χ4n) is 2.51. The van der Waals surface area contributed by atoms with Crippen LogP contribution in [0.3, 0.4) is 0 Å². The van der Waals surface area contributed by atoms with E-state index in [2.05, 4.69) is 0 Å². The molecule has 2 nitrogen and oxygen atoms in total. The maximum atomic E-state index is 12.3. The predicted molar refractivity (Wildman–Crippen MR) is 91.5 cm³/mol. The normalized spacial score (nSPS) is 10.7. The molecule has 0 spiro atoms. The number of benzene rings is 3. The summed E-state index contributed by atoms with van der Waals surface area (Å²) in [5, 5.41) is 0. The highest BCUT2D eigenvalue weighted by Crippen LogP contribution is 2.25. The van der Waals surface area contributed by atoms with Crippen molar-refractivity contribution in [1.29, 1.82) is 0 Å². The first-order valence-electron chi connectivity index (χ1n) is 7.64. The number of carbonyl (C=O) groups is 1. The quantitative estimate of drug-likeness (QED) is 0.618. The van der Waals surface area contributed by atoms with Crippen LogP contribution in [-0.2, 0) is 4.74 Å². The summed E-state index contributed by atoms with van der Waals surface area (Å²) in [6.07, 6.45) is -0.245. The largest absolute Gasteiger partial charge is 0.361 e. The van der Waals surface area contributed by atoms with Crippen LogP contribution >= 0.6 is 0 Å². The van der Waals surface area contributed by atoms with Gasteiger partial charge in [0, 0.05) is 5.56 Å². The van der Waals surface area contributed by atoms with Crippen LogP contribution in [0, 0.1) is 0 Å². The molecule has 114 valence electrons. The second-order valence-corrected chi connectivity index (χ2v) is 5.30. The first-order valence-corrected chi connectivity index (χ1v) is 7.64. The fourth-order valence-corrected chi connectivity index (χ4v) is 2.51. The molecule has 0 saturated carbocycles. The summed E-state index contributed by atoms with van der Waals surface area (Å²) >= 11 is 0. The third kappa shape index (κ3) is 3.93. The molecule has 3 aromatic rings. The standard InChI is InChI=1S/C21H18O2/c22-20(17-10-4-1-5-11-17)16-23-21(18-12-6-2-7-13-18)19-14-8-3-9-15-19/h1-15,21H,16H2. The molecular formula is C21H18O2. The lowest BCUT2D eigenvalue weighted by Gasteiger charge is -2.18. The molecule has 0 saturated heterocycles. The van der Waals surface area contributed by atoms with E-state index in [0.717, 1.165) is 11.1 Å². The van der Waals surface area contributed by atoms with Crippen molar-refractivity contribution in [3.63, 3.8) is 0 Å². The van der Waals surface area contributed by atoms with Gasteiger partial charge in [0.25, 0.3) is 0 Å². The molecule has 0 heterocycles. The van der Waals surface area contributed by atoms with Crippen molar-refractivity contribution in [2.24, 2.45) is 0 Å². The van der Waals surface area contributed by atoms with Gasteiger partial charge in [-0.1, -0.05) is 91.0 Å². The Morgan fingerprint density at radius 2 is 1.13 bits per heavy atom. The van der Waals surface area contributed by atoms with E-state index >= 15 is 0 Å². The van der Waals surface area contributed by atoms with E-state index in [-0.39, 0.29) is 18.5 Å². The van der Waals surface area contributed by atoms with Gasteiger partial charge in [-0.15, -0.1) is 0 Å². The smallest absolute Gasteiger partial charge is 0.188 e. The Morgan fingerprint density at radius 3 is 1.61 bits per heavy atom. The van der Waals surface area contributed by atoms with Gasteiger partial charge < -0.3 is 4.74 Å². The molecule has 3 rings (SSSR count). The minimum absolute atomic E-state index is 0.0116. The molecule has 0 atom stereocenters. The first kappa shape index (κ1) is 15.2. The van der Waals surface area contributed by atoms with Crippen molar-refractivity contribution in [2.45, 2.75) is 6.10 Å². The van der Waals surface area contributed by atoms with Gasteiger partial charge in [0.2, 0.25) is 0 Å². The van der Waals surface area contributed by atoms with E-state index in [9.17, 15) is 4.79 Å². The van der Waals surface area contributed by atoms with Crippen LogP contribution in [0.25, 0.3) is 0 Å². The monoisotopic (exact) mass is 302 g/mol. The summed E-state index contributed by atoms with van der Waals surface area (Å²) in [5.74, 6) is -0.0116. The Bertz CT molecular complexity index is 697. The second kappa shape index (κ2) is 7.52. The number of hydrogen-bond donors (Lipinski definition) is 0. The molecule has 0 N–H and O–H groups in total. The molecule has 23 heavy (non-hydrogen) atoms. The minimum atomic E-state index is -0.245. The molecule has 0 amide bonds. The zero-order valence-corrected chi connectivity index (χ0v) is 12.8. The maximum Gasteiger partial charge on any atom is 0.188 e. The third-order valence-corrected chi connectivity index (χ3v) is 3.68. The van der Waals surface area contributed by atoms with Crippen molar-refractivity contribution in [1.82, 2.24) is 0 Å². The number of rotatable bonds is 6. The molecule has 2 heteroatoms. The summed E-state index contributed by atoms with van der Waals surface area (Å²) in [5.41, 5.74) is 2.76. The average molecular weight is 302 g/mol. The highest BCUT2D eigenvalue weighted by Gasteiger charge is 2.16. The molecule has 0 fully saturated rings. The van der Waals surface area contributed by atoms with Crippen molar-refractivity contribution < 1.29 is 9.53 Å². The molecule has 0 radical (unpaired) electrons. The molecule has 0 aliphatic heterocycles. The third-order valence-electron chi connectivity index (χ3n) is 3.68. The maximum absolute atomic E-state index is 12.3. The summed E-state index contributed by atoms with van der Waals surface area (Å²) in [7, 11) is 0. The van der Waals surface area contributed by atoms with Crippen LogP contribution in [0.5, 0.6) is 0 Å². The number of ether oxygens (including phenoxy) is 1. The number of Topliss-reactive ketones (excluding diaryl/α,β-unsaturated/α-hetero) is 1. The van der Waals surface area contributed by atoms with Crippen LogP contribution in [0.15, 0.2) is 91.0 Å². The molecule has 0 aliphatic rings. The van der Waals surface area contributed by atoms with E-state index in [1.807, 2.05) is 91.0 Å². The first-order chi connectivity index (χ1) is 11.3. The van der Waals surface area contributed by atoms with Crippen LogP contribution in [0.1, 0.15) is 27.6 Å². The highest BCUT2D eigenvalue weighted by molar-refractivity contribution is 5.97. The van der Waals surface area contributed by atoms with Crippen molar-refractivity contribution >= 4 is 5.78 Å². The SMILES string of the molecule is O=C(COC(c1ccccc1)c1ccccc1)c1ccccc1. The van der Waals surface area contributed by atoms with Gasteiger partial charge in [-0.3, -0.25) is 4.79 Å². The average Bonchev–Trinajstić information content (AvgIpc) is 2.64. The van der Waals surface area contributed by atoms with E-state index < -0.39 is 0 Å². The molecule has 3 aromatic carbocycles. The summed E-state index contributed by atoms with van der Waals surface area (Å²) < 4.78 is 5.98. The minimum Gasteiger partial charge on any atom is -0.361 e. The topological polar surface area (TPSA) is 26.3 Å². The predicted octanol–water partition coefficient (Wildman–Crippen LogP) is 4.68. The molecular weight excluding hydrogens is 284 g/mol. The Hall–Kier alpha value is -2.71. The zero-order chi connectivity index (χ0) is 15.9. The highest BCUT2D eigenvalue weighted by atomic mass is 16.5. The molecule has 0 bridgehead atoms. The number of hydrogen-bond acceptors (Lipinski definition) is 2. The van der Waals surface area contributed by atoms with Gasteiger partial charge in [0.15, 0.2) is 5.78 Å². The van der Waals surface area contributed by atoms with E-state index in [1.165, 1.54) is 0 Å². The van der Waals surface area contributed by atoms with Crippen LogP contribution in [-0.4, -0.2) is 12.4 Å². The van der Waals surface area contributed by atoms with E-state index in [0.29, 0.717) is 5.56 Å². The Kier molecular flexibility index (Phi) is 4.97. The van der Waals surface area contributed by atoms with Gasteiger partial charge in [0.05, 0.1) is 0 Å². The lowest BCUT2D eigenvalue weighted by Crippen LogP contribution is -2.14. The van der Waals surface area contributed by atoms with Crippen LogP contribution in [0.2, 0.25) is 0 Å². The van der Waals surface area contributed by atoms with Crippen molar-refractivity contribution in [2.75, 3.05) is 6.61 Å². The zero-order valence-electron chi connectivity index (χ0n) is 12.8. The van der Waals surface area contributed by atoms with Crippen molar-refractivity contribution in [3.8, 4) is 0 Å². The number of carbonyl (C=O) groups excluding carboxylic acids is 1. The molecule has 0 aromatic heterocycles. The van der Waals surface area contributed by atoms with Gasteiger partial charge in [-0.2, -0.15) is 0 Å². The van der Waals surface area contributed by atoms with E-state index in [1.54, 1.807) is 0 Å². The van der Waals surface area contributed by atoms with Crippen LogP contribution in [0.4, 0.5) is 0 Å². The van der Waals surface area contributed by atoms with Gasteiger partial charge in [-0.25, -0.2) is 0 Å². The molecule has 0 aliphatic carbocycles. The fraction of sp³-hybridized carbons (Fsp3) is 0.0952. The van der Waals surface area contributed by atoms with Crippen LogP contribution < -0.4 is 0 Å². The summed E-state index contributed by atoms with van der Waals surface area (Å²) in [6.45, 7) is 0.0540. The Morgan fingerprint density at radius 1 is 0.696 bits per heavy atom. The second-order valence-electron chi connectivity index (χ2n) is 5.30. The number of ketones is 1. The van der Waals surface area contributed by atoms with E-state index in [4.69, 9.17) is 4.74 Å². The Balaban J connectivity index is 1.79. The van der Waals surface area contributed by atoms with Crippen molar-refractivity contribution in [3.05, 3.63) is 108 Å². The van der Waals surface area contributed by atoms with Gasteiger partial charge in [-0.05, 0) is 11.1 Å². The summed E-state index contributed by atoms with van der Waals surface area (Å²) in [4.78, 5) is 12.3. The Labute approximate surface area is 136 Å².